The van der Waals surface area contributed by atoms with E-state index in [1.165, 1.54) is 0 Å². The van der Waals surface area contributed by atoms with Crippen LogP contribution in [-0.2, 0) is 19.1 Å². The van der Waals surface area contributed by atoms with Gasteiger partial charge in [-0.05, 0) is 93.9 Å². The van der Waals surface area contributed by atoms with Gasteiger partial charge < -0.3 is 20.1 Å². The Morgan fingerprint density at radius 3 is 1.71 bits per heavy atom. The van der Waals surface area contributed by atoms with Gasteiger partial charge in [-0.1, -0.05) is 26.2 Å². The number of nitrogens with one attached hydrogen (secondary N) is 2. The Balaban J connectivity index is 1.59. The van der Waals surface area contributed by atoms with E-state index in [-0.39, 0.29) is 52.0 Å². The maximum atomic E-state index is 12.8. The van der Waals surface area contributed by atoms with Gasteiger partial charge >= 0.3 is 11.9 Å². The lowest BCUT2D eigenvalue weighted by molar-refractivity contribution is -0.156. The molecule has 2 fully saturated rings. The fraction of sp³-hybridized carbons (Fsp3) is 0.929. The van der Waals surface area contributed by atoms with Crippen LogP contribution in [0.1, 0.15) is 120 Å². The number of rotatable bonds is 12. The Morgan fingerprint density at radius 2 is 1.24 bits per heavy atom. The van der Waals surface area contributed by atoms with Crippen LogP contribution < -0.4 is 10.6 Å². The number of hydrogen-bond donors (Lipinski definition) is 2. The van der Waals surface area contributed by atoms with E-state index in [0.29, 0.717) is 6.61 Å². The number of carbonyl (C=O) groups excluding carboxylic acids is 2. The molecule has 2 saturated heterocycles. The zero-order chi connectivity index (χ0) is 25.8. The Bertz CT molecular complexity index is 699. The summed E-state index contributed by atoms with van der Waals surface area (Å²) in [5, 5.41) is 7.10. The van der Waals surface area contributed by atoms with Gasteiger partial charge in [0.1, 0.15) is 6.10 Å². The van der Waals surface area contributed by atoms with Crippen molar-refractivity contribution in [3.05, 3.63) is 0 Å². The maximum Gasteiger partial charge on any atom is 0.311 e. The molecule has 6 nitrogen and oxygen atoms in total. The van der Waals surface area contributed by atoms with Gasteiger partial charge in [-0.3, -0.25) is 9.59 Å². The maximum absolute atomic E-state index is 12.8. The Hall–Kier alpha value is -1.14. The second kappa shape index (κ2) is 11.3. The van der Waals surface area contributed by atoms with Crippen molar-refractivity contribution in [2.45, 2.75) is 148 Å². The lowest BCUT2D eigenvalue weighted by Gasteiger charge is -2.28. The molecule has 6 heteroatoms. The first-order valence-electron chi connectivity index (χ1n) is 13.5. The van der Waals surface area contributed by atoms with Gasteiger partial charge in [-0.25, -0.2) is 0 Å². The molecule has 0 aromatic heterocycles. The van der Waals surface area contributed by atoms with Crippen molar-refractivity contribution in [2.75, 3.05) is 6.61 Å². The van der Waals surface area contributed by atoms with Crippen molar-refractivity contribution in [3.63, 3.8) is 0 Å². The average molecular weight is 481 g/mol. The monoisotopic (exact) mass is 480 g/mol. The molecule has 34 heavy (non-hydrogen) atoms. The molecule has 2 N–H and O–H groups in total. The highest BCUT2D eigenvalue weighted by atomic mass is 16.5. The fourth-order valence-electron chi connectivity index (χ4n) is 6.18. The number of ether oxygens (including phenoxy) is 2. The van der Waals surface area contributed by atoms with Crippen LogP contribution in [0, 0.1) is 11.8 Å². The summed E-state index contributed by atoms with van der Waals surface area (Å²) in [6.07, 6.45) is 8.63. The summed E-state index contributed by atoms with van der Waals surface area (Å²) in [7, 11) is 0. The fourth-order valence-corrected chi connectivity index (χ4v) is 6.18. The summed E-state index contributed by atoms with van der Waals surface area (Å²) in [5.41, 5.74) is -0.523. The predicted molar refractivity (Wildman–Crippen MR) is 138 cm³/mol. The third-order valence-corrected chi connectivity index (χ3v) is 7.71. The molecule has 0 bridgehead atoms. The molecular formula is C28H52N2O4. The van der Waals surface area contributed by atoms with Crippen LogP contribution in [0.3, 0.4) is 0 Å². The highest BCUT2D eigenvalue weighted by molar-refractivity contribution is 5.75. The van der Waals surface area contributed by atoms with Crippen LogP contribution in [0.2, 0.25) is 0 Å². The van der Waals surface area contributed by atoms with Gasteiger partial charge in [0, 0.05) is 22.2 Å². The van der Waals surface area contributed by atoms with Crippen LogP contribution >= 0.6 is 0 Å². The van der Waals surface area contributed by atoms with Crippen molar-refractivity contribution in [1.82, 2.24) is 10.6 Å². The summed E-state index contributed by atoms with van der Waals surface area (Å²) < 4.78 is 11.5. The largest absolute Gasteiger partial charge is 0.465 e. The number of unbranched alkanes of at least 4 members (excludes halogenated alkanes) is 4. The first kappa shape index (κ1) is 29.1. The SMILES string of the molecule is CCC(CCCCCCCOC(=O)C1CC(C)(C)NC1(C)C)OC(=O)C1CC(C)(C)NC1(C)C. The van der Waals surface area contributed by atoms with Gasteiger partial charge in [-0.15, -0.1) is 0 Å². The van der Waals surface area contributed by atoms with Crippen molar-refractivity contribution >= 4 is 11.9 Å². The summed E-state index contributed by atoms with van der Waals surface area (Å²) in [6.45, 7) is 19.5. The van der Waals surface area contributed by atoms with Crippen molar-refractivity contribution in [2.24, 2.45) is 11.8 Å². The molecule has 198 valence electrons. The highest BCUT2D eigenvalue weighted by Gasteiger charge is 2.49. The number of carbonyl (C=O) groups is 2. The van der Waals surface area contributed by atoms with Gasteiger partial charge in [0.2, 0.25) is 0 Å². The van der Waals surface area contributed by atoms with Crippen LogP contribution in [0.25, 0.3) is 0 Å². The zero-order valence-corrected chi connectivity index (χ0v) is 23.4. The predicted octanol–water partition coefficient (Wildman–Crippen LogP) is 5.53. The summed E-state index contributed by atoms with van der Waals surface area (Å²) in [6, 6.07) is 0. The Labute approximate surface area is 208 Å². The molecule has 0 aromatic rings. The first-order chi connectivity index (χ1) is 15.6. The van der Waals surface area contributed by atoms with E-state index in [9.17, 15) is 9.59 Å². The normalized spacial score (nSPS) is 27.3. The highest BCUT2D eigenvalue weighted by Crippen LogP contribution is 2.37. The molecule has 0 aromatic carbocycles. The second-order valence-corrected chi connectivity index (χ2v) is 13.2. The van der Waals surface area contributed by atoms with Crippen molar-refractivity contribution in [3.8, 4) is 0 Å². The van der Waals surface area contributed by atoms with E-state index < -0.39 is 0 Å². The van der Waals surface area contributed by atoms with E-state index in [0.717, 1.165) is 57.8 Å². The minimum atomic E-state index is -0.234. The molecule has 0 amide bonds. The summed E-state index contributed by atoms with van der Waals surface area (Å²) in [5.74, 6) is -0.316. The third-order valence-electron chi connectivity index (χ3n) is 7.71. The third kappa shape index (κ3) is 8.22. The van der Waals surface area contributed by atoms with Gasteiger partial charge in [0.25, 0.3) is 0 Å². The minimum absolute atomic E-state index is 0.000549. The van der Waals surface area contributed by atoms with E-state index in [2.05, 4.69) is 72.9 Å². The number of hydrogen-bond acceptors (Lipinski definition) is 6. The summed E-state index contributed by atoms with van der Waals surface area (Å²) >= 11 is 0. The summed E-state index contributed by atoms with van der Waals surface area (Å²) in [4.78, 5) is 25.4. The van der Waals surface area contributed by atoms with Crippen LogP contribution in [0.5, 0.6) is 0 Å². The van der Waals surface area contributed by atoms with Crippen LogP contribution in [0.4, 0.5) is 0 Å². The van der Waals surface area contributed by atoms with Crippen molar-refractivity contribution < 1.29 is 19.1 Å². The Kier molecular flexibility index (Phi) is 9.65. The lowest BCUT2D eigenvalue weighted by Crippen LogP contribution is -2.47. The zero-order valence-electron chi connectivity index (χ0n) is 23.4. The van der Waals surface area contributed by atoms with Crippen LogP contribution in [0.15, 0.2) is 0 Å². The molecule has 0 aliphatic carbocycles. The molecule has 3 atom stereocenters. The first-order valence-corrected chi connectivity index (χ1v) is 13.5. The van der Waals surface area contributed by atoms with E-state index in [4.69, 9.17) is 9.47 Å². The van der Waals surface area contributed by atoms with Gasteiger partial charge in [0.15, 0.2) is 0 Å². The quantitative estimate of drug-likeness (QED) is 0.283. The second-order valence-electron chi connectivity index (χ2n) is 13.2. The molecule has 2 heterocycles. The molecule has 0 spiro atoms. The average Bonchev–Trinajstić information content (AvgIpc) is 3.06. The molecule has 2 rings (SSSR count). The van der Waals surface area contributed by atoms with Gasteiger partial charge in [-0.2, -0.15) is 0 Å². The molecule has 0 saturated carbocycles. The lowest BCUT2D eigenvalue weighted by atomic mass is 9.87. The standard InChI is InChI=1S/C28H52N2O4/c1-10-20(34-24(32)22-19-26(4,5)30-28(22,8)9)16-14-12-11-13-15-17-33-23(31)21-18-25(2,3)29-27(21,6)7/h20-22,29-30H,10-19H2,1-9H3. The van der Waals surface area contributed by atoms with Crippen molar-refractivity contribution in [1.29, 1.82) is 0 Å². The molecule has 0 radical (unpaired) electrons. The molecule has 2 aliphatic rings. The minimum Gasteiger partial charge on any atom is -0.465 e. The van der Waals surface area contributed by atoms with Gasteiger partial charge in [0.05, 0.1) is 18.4 Å². The van der Waals surface area contributed by atoms with Crippen LogP contribution in [-0.4, -0.2) is 46.8 Å². The number of esters is 2. The molecule has 3 unspecified atom stereocenters. The van der Waals surface area contributed by atoms with E-state index >= 15 is 0 Å². The smallest absolute Gasteiger partial charge is 0.311 e. The molecular weight excluding hydrogens is 428 g/mol. The van der Waals surface area contributed by atoms with E-state index in [1.54, 1.807) is 0 Å². The topological polar surface area (TPSA) is 76.7 Å². The van der Waals surface area contributed by atoms with E-state index in [1.807, 2.05) is 0 Å². The molecule has 2 aliphatic heterocycles. The Morgan fingerprint density at radius 1 is 0.765 bits per heavy atom.